The monoisotopic (exact) mass is 678 g/mol. The molecule has 0 atom stereocenters. The van der Waals surface area contributed by atoms with Crippen LogP contribution >= 0.6 is 0 Å². The first kappa shape index (κ1) is 29.8. The molecule has 10 aromatic rings. The van der Waals surface area contributed by atoms with Gasteiger partial charge in [-0.3, -0.25) is 0 Å². The molecule has 2 aromatic heterocycles. The van der Waals surface area contributed by atoms with Crippen LogP contribution in [0.4, 0.5) is 17.1 Å². The van der Waals surface area contributed by atoms with Gasteiger partial charge in [0, 0.05) is 44.2 Å². The number of nitrogens with zero attached hydrogens (tertiary/aromatic N) is 2. The Labute approximate surface area is 307 Å². The summed E-state index contributed by atoms with van der Waals surface area (Å²) < 4.78 is 9.07. The second-order valence-electron chi connectivity index (χ2n) is 14.0. The Morgan fingerprint density at radius 3 is 2.17 bits per heavy atom. The van der Waals surface area contributed by atoms with E-state index in [1.165, 1.54) is 60.5 Å². The number of fused-ring (bicyclic) bond motifs is 8. The second-order valence-corrected chi connectivity index (χ2v) is 14.0. The zero-order valence-corrected chi connectivity index (χ0v) is 29.0. The van der Waals surface area contributed by atoms with Gasteiger partial charge in [-0.1, -0.05) is 121 Å². The first-order valence-electron chi connectivity index (χ1n) is 18.4. The molecule has 0 aliphatic heterocycles. The molecule has 0 radical (unpaired) electrons. The summed E-state index contributed by atoms with van der Waals surface area (Å²) in [7, 11) is 0. The minimum absolute atomic E-state index is 0.880. The fourth-order valence-corrected chi connectivity index (χ4v) is 8.54. The number of para-hydroxylation sites is 3. The Hall–Kier alpha value is -6.84. The fraction of sp³-hybridized carbons (Fsp3) is 0.0400. The summed E-state index contributed by atoms with van der Waals surface area (Å²) in [6.45, 7) is 0. The van der Waals surface area contributed by atoms with Crippen LogP contribution in [-0.4, -0.2) is 4.57 Å². The maximum atomic E-state index is 6.62. The predicted octanol–water partition coefficient (Wildman–Crippen LogP) is 13.9. The lowest BCUT2D eigenvalue weighted by Gasteiger charge is -2.27. The van der Waals surface area contributed by atoms with Crippen LogP contribution in [0, 0.1) is 0 Å². The van der Waals surface area contributed by atoms with Gasteiger partial charge >= 0.3 is 0 Å². The molecule has 11 rings (SSSR count). The highest BCUT2D eigenvalue weighted by Crippen LogP contribution is 2.45. The summed E-state index contributed by atoms with van der Waals surface area (Å²) >= 11 is 0. The van der Waals surface area contributed by atoms with Gasteiger partial charge in [0.1, 0.15) is 5.58 Å². The van der Waals surface area contributed by atoms with Crippen molar-refractivity contribution in [3.05, 3.63) is 187 Å². The first-order valence-corrected chi connectivity index (χ1v) is 18.4. The van der Waals surface area contributed by atoms with Crippen LogP contribution in [0.15, 0.2) is 180 Å². The van der Waals surface area contributed by atoms with Gasteiger partial charge in [0.05, 0.1) is 16.9 Å². The fourth-order valence-electron chi connectivity index (χ4n) is 8.54. The molecule has 53 heavy (non-hydrogen) atoms. The van der Waals surface area contributed by atoms with E-state index in [0.29, 0.717) is 0 Å². The number of anilines is 3. The highest BCUT2D eigenvalue weighted by atomic mass is 16.3. The lowest BCUT2D eigenvalue weighted by atomic mass is 9.97. The van der Waals surface area contributed by atoms with Gasteiger partial charge < -0.3 is 13.9 Å². The standard InChI is InChI=1S/C50H34N2O/c1-2-14-38(15-3-1)51-46-20-8-6-17-41(46)44-32-37(27-29-47(44)51)34-24-25-36-31-39(28-26-35(36)30-34)52(45-21-10-13-33-12-4-5-16-40(33)45)48-22-11-19-43-42-18-7-9-23-49(42)53-50(43)48/h1-7,9-19,21-32H,8,20H2. The Bertz CT molecular complexity index is 3070. The minimum Gasteiger partial charge on any atom is -0.454 e. The number of hydrogen-bond acceptors (Lipinski definition) is 2. The molecule has 250 valence electrons. The molecule has 1 aliphatic carbocycles. The minimum atomic E-state index is 0.880. The lowest BCUT2D eigenvalue weighted by molar-refractivity contribution is 0.669. The number of allylic oxidation sites excluding steroid dienone is 1. The van der Waals surface area contributed by atoms with E-state index < -0.39 is 0 Å². The summed E-state index contributed by atoms with van der Waals surface area (Å²) in [5, 5.41) is 8.32. The average molecular weight is 679 g/mol. The maximum Gasteiger partial charge on any atom is 0.159 e. The molecule has 0 spiro atoms. The topological polar surface area (TPSA) is 21.3 Å². The third-order valence-electron chi connectivity index (χ3n) is 11.0. The molecule has 2 heterocycles. The zero-order chi connectivity index (χ0) is 34.9. The van der Waals surface area contributed by atoms with Gasteiger partial charge in [-0.2, -0.15) is 0 Å². The van der Waals surface area contributed by atoms with E-state index in [1.54, 1.807) is 0 Å². The molecule has 1 aliphatic rings. The SMILES string of the molecule is C1=Cc2c(n(-c3ccccc3)c3ccc(-c4ccc5cc(N(c6cccc7ccccc67)c6cccc7c6oc6ccccc67)ccc5c4)cc23)CC1. The number of aromatic nitrogens is 1. The average Bonchev–Trinajstić information content (AvgIpc) is 3.77. The largest absolute Gasteiger partial charge is 0.454 e. The van der Waals surface area contributed by atoms with Crippen molar-refractivity contribution in [1.29, 1.82) is 0 Å². The van der Waals surface area contributed by atoms with Crippen LogP contribution < -0.4 is 4.90 Å². The number of rotatable bonds is 5. The lowest BCUT2D eigenvalue weighted by Crippen LogP contribution is -2.10. The van der Waals surface area contributed by atoms with Crippen LogP contribution in [0.25, 0.3) is 77.3 Å². The van der Waals surface area contributed by atoms with Crippen molar-refractivity contribution in [2.75, 3.05) is 4.90 Å². The van der Waals surface area contributed by atoms with Gasteiger partial charge in [0.25, 0.3) is 0 Å². The van der Waals surface area contributed by atoms with Crippen LogP contribution in [0.3, 0.4) is 0 Å². The Kier molecular flexibility index (Phi) is 6.68. The van der Waals surface area contributed by atoms with E-state index in [1.807, 2.05) is 6.07 Å². The maximum absolute atomic E-state index is 6.62. The van der Waals surface area contributed by atoms with E-state index in [0.717, 1.165) is 51.8 Å². The molecule has 0 unspecified atom stereocenters. The van der Waals surface area contributed by atoms with Crippen molar-refractivity contribution < 1.29 is 4.42 Å². The van der Waals surface area contributed by atoms with E-state index in [-0.39, 0.29) is 0 Å². The molecule has 0 fully saturated rings. The summed E-state index contributed by atoms with van der Waals surface area (Å²) in [6, 6.07) is 61.4. The van der Waals surface area contributed by atoms with Crippen LogP contribution in [0.1, 0.15) is 17.7 Å². The predicted molar refractivity (Wildman–Crippen MR) is 223 cm³/mol. The summed E-state index contributed by atoms with van der Waals surface area (Å²) in [5.74, 6) is 0. The third kappa shape index (κ3) is 4.74. The van der Waals surface area contributed by atoms with E-state index >= 15 is 0 Å². The summed E-state index contributed by atoms with van der Waals surface area (Å²) in [5.41, 5.74) is 12.6. The molecule has 0 amide bonds. The Balaban J connectivity index is 1.05. The van der Waals surface area contributed by atoms with Gasteiger partial charge in [0.15, 0.2) is 5.58 Å². The van der Waals surface area contributed by atoms with Crippen LogP contribution in [-0.2, 0) is 6.42 Å². The van der Waals surface area contributed by atoms with Crippen molar-refractivity contribution in [1.82, 2.24) is 4.57 Å². The van der Waals surface area contributed by atoms with Crippen molar-refractivity contribution >= 4 is 77.5 Å². The normalized spacial score (nSPS) is 12.7. The Morgan fingerprint density at radius 2 is 1.23 bits per heavy atom. The Morgan fingerprint density at radius 1 is 0.509 bits per heavy atom. The number of hydrogen-bond donors (Lipinski definition) is 0. The molecule has 0 saturated heterocycles. The van der Waals surface area contributed by atoms with Crippen molar-refractivity contribution in [3.63, 3.8) is 0 Å². The van der Waals surface area contributed by atoms with Crippen LogP contribution in [0.5, 0.6) is 0 Å². The van der Waals surface area contributed by atoms with Gasteiger partial charge in [-0.05, 0) is 101 Å². The number of furan rings is 1. The molecular formula is C50H34N2O. The second kappa shape index (κ2) is 11.9. The molecule has 0 bridgehead atoms. The van der Waals surface area contributed by atoms with Crippen LogP contribution in [0.2, 0.25) is 0 Å². The summed E-state index contributed by atoms with van der Waals surface area (Å²) in [4.78, 5) is 2.36. The van der Waals surface area contributed by atoms with Crippen molar-refractivity contribution in [3.8, 4) is 16.8 Å². The highest BCUT2D eigenvalue weighted by molar-refractivity contribution is 6.12. The highest BCUT2D eigenvalue weighted by Gasteiger charge is 2.22. The van der Waals surface area contributed by atoms with E-state index in [9.17, 15) is 0 Å². The molecular weight excluding hydrogens is 645 g/mol. The van der Waals surface area contributed by atoms with Gasteiger partial charge in [-0.25, -0.2) is 0 Å². The third-order valence-corrected chi connectivity index (χ3v) is 11.0. The molecule has 8 aromatic carbocycles. The molecule has 3 nitrogen and oxygen atoms in total. The zero-order valence-electron chi connectivity index (χ0n) is 29.0. The van der Waals surface area contributed by atoms with Gasteiger partial charge in [0.2, 0.25) is 0 Å². The summed E-state index contributed by atoms with van der Waals surface area (Å²) in [6.07, 6.45) is 6.75. The number of benzene rings is 8. The first-order chi connectivity index (χ1) is 26.3. The quantitative estimate of drug-likeness (QED) is 0.181. The molecule has 0 N–H and O–H groups in total. The molecule has 0 saturated carbocycles. The van der Waals surface area contributed by atoms with Crippen molar-refractivity contribution in [2.45, 2.75) is 12.8 Å². The van der Waals surface area contributed by atoms with E-state index in [2.05, 4.69) is 185 Å². The molecule has 3 heteroatoms. The van der Waals surface area contributed by atoms with Gasteiger partial charge in [-0.15, -0.1) is 0 Å². The smallest absolute Gasteiger partial charge is 0.159 e. The van der Waals surface area contributed by atoms with E-state index in [4.69, 9.17) is 4.42 Å². The van der Waals surface area contributed by atoms with Crippen molar-refractivity contribution in [2.24, 2.45) is 0 Å².